The second-order valence-electron chi connectivity index (χ2n) is 6.58. The Balaban J connectivity index is 1.94. The molecule has 0 saturated heterocycles. The summed E-state index contributed by atoms with van der Waals surface area (Å²) >= 11 is 1.29. The van der Waals surface area contributed by atoms with Crippen LogP contribution in [0.2, 0.25) is 0 Å². The minimum atomic E-state index is -0.113. The molecule has 0 bridgehead atoms. The largest absolute Gasteiger partial charge is 0.293 e. The van der Waals surface area contributed by atoms with Gasteiger partial charge in [0.2, 0.25) is 0 Å². The van der Waals surface area contributed by atoms with E-state index >= 15 is 0 Å². The Bertz CT molecular complexity index is 1100. The number of carbonyl (C=O) groups is 1. The molecule has 3 aromatic rings. The number of benzene rings is 2. The molecule has 0 aliphatic heterocycles. The Morgan fingerprint density at radius 1 is 1.15 bits per heavy atom. The molecule has 0 aliphatic carbocycles. The molecule has 2 aromatic carbocycles. The van der Waals surface area contributed by atoms with Crippen molar-refractivity contribution in [1.29, 1.82) is 0 Å². The average molecular weight is 378 g/mol. The molecular weight excluding hydrogens is 356 g/mol. The number of rotatable bonds is 6. The third-order valence-electron chi connectivity index (χ3n) is 4.61. The topological polar surface area (TPSA) is 52.0 Å². The van der Waals surface area contributed by atoms with Crippen LogP contribution in [-0.4, -0.2) is 21.1 Å². The van der Waals surface area contributed by atoms with Crippen molar-refractivity contribution in [3.05, 3.63) is 81.7 Å². The van der Waals surface area contributed by atoms with Gasteiger partial charge in [0, 0.05) is 12.1 Å². The summed E-state index contributed by atoms with van der Waals surface area (Å²) in [7, 11) is 0. The van der Waals surface area contributed by atoms with Gasteiger partial charge < -0.3 is 0 Å². The number of carbonyl (C=O) groups excluding carboxylic acids is 1. The van der Waals surface area contributed by atoms with Crippen LogP contribution in [0.15, 0.2) is 59.0 Å². The second kappa shape index (κ2) is 7.92. The molecule has 138 valence electrons. The molecular formula is C22H22N2O2S. The normalized spacial score (nSPS) is 10.9. The van der Waals surface area contributed by atoms with Gasteiger partial charge in [-0.15, -0.1) is 6.58 Å². The Morgan fingerprint density at radius 2 is 1.85 bits per heavy atom. The highest BCUT2D eigenvalue weighted by atomic mass is 32.2. The summed E-state index contributed by atoms with van der Waals surface area (Å²) in [5.74, 6) is 0.263. The maximum absolute atomic E-state index is 12.8. The van der Waals surface area contributed by atoms with Crippen LogP contribution in [0.3, 0.4) is 0 Å². The maximum Gasteiger partial charge on any atom is 0.262 e. The number of thioether (sulfide) groups is 1. The van der Waals surface area contributed by atoms with E-state index in [0.717, 1.165) is 16.7 Å². The molecule has 0 saturated carbocycles. The number of nitrogens with zero attached hydrogens (tertiary/aromatic N) is 2. The highest BCUT2D eigenvalue weighted by molar-refractivity contribution is 7.99. The summed E-state index contributed by atoms with van der Waals surface area (Å²) in [4.78, 5) is 30.1. The molecule has 3 rings (SSSR count). The lowest BCUT2D eigenvalue weighted by Gasteiger charge is -2.12. The van der Waals surface area contributed by atoms with E-state index in [-0.39, 0.29) is 17.1 Å². The molecule has 1 heterocycles. The number of fused-ring (bicyclic) bond motifs is 1. The molecule has 0 amide bonds. The predicted octanol–water partition coefficient (Wildman–Crippen LogP) is 4.48. The lowest BCUT2D eigenvalue weighted by Crippen LogP contribution is -2.23. The molecule has 5 heteroatoms. The van der Waals surface area contributed by atoms with Gasteiger partial charge in [-0.1, -0.05) is 36.0 Å². The standard InChI is InChI=1S/C22H22N2O2S/c1-5-10-24-21(26)17-8-6-7-9-19(17)23-22(24)27-13-20(25)18-12-15(3)14(2)11-16(18)4/h5-9,11-12H,1,10,13H2,2-4H3. The van der Waals surface area contributed by atoms with Gasteiger partial charge in [-0.05, 0) is 55.7 Å². The number of para-hydroxylation sites is 1. The number of allylic oxidation sites excluding steroid dienone is 1. The Labute approximate surface area is 162 Å². The quantitative estimate of drug-likeness (QED) is 0.275. The molecule has 0 radical (unpaired) electrons. The Hall–Kier alpha value is -2.66. The van der Waals surface area contributed by atoms with Crippen molar-refractivity contribution >= 4 is 28.4 Å². The zero-order valence-electron chi connectivity index (χ0n) is 15.8. The van der Waals surface area contributed by atoms with Crippen molar-refractivity contribution < 1.29 is 4.79 Å². The minimum Gasteiger partial charge on any atom is -0.293 e. The summed E-state index contributed by atoms with van der Waals surface area (Å²) in [6.07, 6.45) is 1.66. The van der Waals surface area contributed by atoms with Gasteiger partial charge in [-0.25, -0.2) is 4.98 Å². The highest BCUT2D eigenvalue weighted by Gasteiger charge is 2.15. The molecule has 0 atom stereocenters. The van der Waals surface area contributed by atoms with Crippen molar-refractivity contribution in [2.45, 2.75) is 32.5 Å². The van der Waals surface area contributed by atoms with Crippen LogP contribution >= 0.6 is 11.8 Å². The van der Waals surface area contributed by atoms with Crippen molar-refractivity contribution in [2.24, 2.45) is 0 Å². The third kappa shape index (κ3) is 3.88. The van der Waals surface area contributed by atoms with Gasteiger partial charge in [-0.2, -0.15) is 0 Å². The zero-order chi connectivity index (χ0) is 19.6. The fourth-order valence-electron chi connectivity index (χ4n) is 3.02. The van der Waals surface area contributed by atoms with Crippen molar-refractivity contribution in [3.63, 3.8) is 0 Å². The summed E-state index contributed by atoms with van der Waals surface area (Å²) in [5, 5.41) is 1.11. The van der Waals surface area contributed by atoms with E-state index in [1.54, 1.807) is 16.7 Å². The Kier molecular flexibility index (Phi) is 5.61. The van der Waals surface area contributed by atoms with Crippen LogP contribution in [0, 0.1) is 20.8 Å². The Morgan fingerprint density at radius 3 is 2.59 bits per heavy atom. The first-order valence-corrected chi connectivity index (χ1v) is 9.75. The average Bonchev–Trinajstić information content (AvgIpc) is 2.65. The third-order valence-corrected chi connectivity index (χ3v) is 5.59. The van der Waals surface area contributed by atoms with Gasteiger partial charge in [0.1, 0.15) is 0 Å². The number of hydrogen-bond donors (Lipinski definition) is 0. The molecule has 0 N–H and O–H groups in total. The smallest absolute Gasteiger partial charge is 0.262 e. The van der Waals surface area contributed by atoms with Crippen LogP contribution in [0.4, 0.5) is 0 Å². The van der Waals surface area contributed by atoms with E-state index in [4.69, 9.17) is 0 Å². The summed E-state index contributed by atoms with van der Waals surface area (Å²) in [6, 6.07) is 11.2. The number of ketones is 1. The van der Waals surface area contributed by atoms with E-state index in [0.29, 0.717) is 22.6 Å². The first kappa shape index (κ1) is 19.1. The van der Waals surface area contributed by atoms with Gasteiger partial charge in [0.25, 0.3) is 5.56 Å². The van der Waals surface area contributed by atoms with Crippen LogP contribution in [0.5, 0.6) is 0 Å². The van der Waals surface area contributed by atoms with Crippen molar-refractivity contribution in [2.75, 3.05) is 5.75 Å². The van der Waals surface area contributed by atoms with Gasteiger partial charge in [-0.3, -0.25) is 14.2 Å². The van der Waals surface area contributed by atoms with Gasteiger partial charge in [0.15, 0.2) is 10.9 Å². The van der Waals surface area contributed by atoms with Gasteiger partial charge >= 0.3 is 0 Å². The lowest BCUT2D eigenvalue weighted by atomic mass is 9.99. The summed E-state index contributed by atoms with van der Waals surface area (Å²) < 4.78 is 1.57. The number of aromatic nitrogens is 2. The first-order valence-electron chi connectivity index (χ1n) is 8.76. The number of aryl methyl sites for hydroxylation is 3. The van der Waals surface area contributed by atoms with E-state index < -0.39 is 0 Å². The van der Waals surface area contributed by atoms with E-state index in [1.165, 1.54) is 17.3 Å². The molecule has 0 aliphatic rings. The van der Waals surface area contributed by atoms with Crippen molar-refractivity contribution in [1.82, 2.24) is 9.55 Å². The van der Waals surface area contributed by atoms with Crippen LogP contribution in [-0.2, 0) is 6.54 Å². The molecule has 0 fully saturated rings. The maximum atomic E-state index is 12.8. The fraction of sp³-hybridized carbons (Fsp3) is 0.227. The van der Waals surface area contributed by atoms with Crippen molar-refractivity contribution in [3.8, 4) is 0 Å². The summed E-state index contributed by atoms with van der Waals surface area (Å²) in [5.41, 5.74) is 4.50. The predicted molar refractivity (Wildman–Crippen MR) is 112 cm³/mol. The van der Waals surface area contributed by atoms with Crippen LogP contribution in [0.25, 0.3) is 10.9 Å². The zero-order valence-corrected chi connectivity index (χ0v) is 16.6. The van der Waals surface area contributed by atoms with E-state index in [9.17, 15) is 9.59 Å². The number of Topliss-reactive ketones (excluding diaryl/α,β-unsaturated/α-hetero) is 1. The highest BCUT2D eigenvalue weighted by Crippen LogP contribution is 2.22. The molecule has 27 heavy (non-hydrogen) atoms. The molecule has 4 nitrogen and oxygen atoms in total. The fourth-order valence-corrected chi connectivity index (χ4v) is 3.91. The molecule has 0 unspecified atom stereocenters. The van der Waals surface area contributed by atoms with Gasteiger partial charge in [0.05, 0.1) is 16.7 Å². The van der Waals surface area contributed by atoms with E-state index in [2.05, 4.69) is 11.6 Å². The molecule has 0 spiro atoms. The second-order valence-corrected chi connectivity index (χ2v) is 7.52. The minimum absolute atomic E-state index is 0.0353. The molecule has 1 aromatic heterocycles. The SMILES string of the molecule is C=CCn1c(SCC(=O)c2cc(C)c(C)cc2C)nc2ccccc2c1=O. The number of hydrogen-bond acceptors (Lipinski definition) is 4. The lowest BCUT2D eigenvalue weighted by molar-refractivity contribution is 0.102. The van der Waals surface area contributed by atoms with Crippen LogP contribution < -0.4 is 5.56 Å². The monoisotopic (exact) mass is 378 g/mol. The first-order chi connectivity index (χ1) is 12.9. The van der Waals surface area contributed by atoms with Crippen LogP contribution in [0.1, 0.15) is 27.0 Å². The van der Waals surface area contributed by atoms with E-state index in [1.807, 2.05) is 51.1 Å². The summed E-state index contributed by atoms with van der Waals surface area (Å²) in [6.45, 7) is 10.1.